The summed E-state index contributed by atoms with van der Waals surface area (Å²) in [7, 11) is 0. The van der Waals surface area contributed by atoms with Crippen LogP contribution in [0.25, 0.3) is 0 Å². The zero-order valence-electron chi connectivity index (χ0n) is 11.2. The zero-order chi connectivity index (χ0) is 13.9. The highest BCUT2D eigenvalue weighted by molar-refractivity contribution is 8.06. The van der Waals surface area contributed by atoms with E-state index in [0.717, 1.165) is 17.3 Å². The molecule has 2 aromatic heterocycles. The molecule has 1 aliphatic heterocycles. The lowest BCUT2D eigenvalue weighted by molar-refractivity contribution is 0.349. The molecule has 0 bridgehead atoms. The number of hydrogen-bond acceptors (Lipinski definition) is 7. The summed E-state index contributed by atoms with van der Waals surface area (Å²) in [5.74, 6) is 3.58. The van der Waals surface area contributed by atoms with Gasteiger partial charge in [-0.25, -0.2) is 4.98 Å². The number of H-pyrrole nitrogens is 1. The molecule has 3 atom stereocenters. The lowest BCUT2D eigenvalue weighted by atomic mass is 10.2. The Morgan fingerprint density at radius 1 is 1.50 bits per heavy atom. The number of aromatic nitrogens is 4. The number of hydrogen-bond donors (Lipinski definition) is 2. The smallest absolute Gasteiger partial charge is 0.244 e. The Morgan fingerprint density at radius 3 is 3.10 bits per heavy atom. The number of nitrogens with two attached hydrogens (primary N) is 1. The maximum atomic E-state index is 6.11. The Labute approximate surface area is 125 Å². The molecule has 2 unspecified atom stereocenters. The number of imidazole rings is 1. The van der Waals surface area contributed by atoms with Crippen molar-refractivity contribution in [2.45, 2.75) is 29.9 Å². The fourth-order valence-corrected chi connectivity index (χ4v) is 4.83. The van der Waals surface area contributed by atoms with E-state index in [9.17, 15) is 0 Å². The molecule has 3 N–H and O–H groups in total. The highest BCUT2D eigenvalue weighted by Crippen LogP contribution is 2.41. The molecule has 108 valence electrons. The largest absolute Gasteiger partial charge is 0.348 e. The summed E-state index contributed by atoms with van der Waals surface area (Å²) < 4.78 is 5.33. The second-order valence-corrected chi connectivity index (χ2v) is 7.48. The van der Waals surface area contributed by atoms with Crippen molar-refractivity contribution in [1.29, 1.82) is 0 Å². The van der Waals surface area contributed by atoms with Gasteiger partial charge in [-0.05, 0) is 0 Å². The molecule has 1 saturated heterocycles. The van der Waals surface area contributed by atoms with Gasteiger partial charge in [0.15, 0.2) is 5.82 Å². The fourth-order valence-electron chi connectivity index (χ4n) is 2.15. The average molecular weight is 311 g/mol. The van der Waals surface area contributed by atoms with Gasteiger partial charge in [0.1, 0.15) is 0 Å². The van der Waals surface area contributed by atoms with Crippen molar-refractivity contribution < 1.29 is 4.52 Å². The lowest BCUT2D eigenvalue weighted by Gasteiger charge is -2.24. The highest BCUT2D eigenvalue weighted by atomic mass is 32.2. The van der Waals surface area contributed by atoms with Crippen LogP contribution in [0.3, 0.4) is 0 Å². The van der Waals surface area contributed by atoms with E-state index in [0.29, 0.717) is 22.8 Å². The standard InChI is InChI=1S/C12H17N5OS2/c1-7-10(20-3-2-19-7)11-16-12(18-17-11)9(13)4-8-5-14-6-15-8/h5-7,9-10H,2-4,13H2,1H3,(H,14,15)/t7?,9-,10?/m0/s1. The first-order valence-electron chi connectivity index (χ1n) is 6.53. The predicted octanol–water partition coefficient (Wildman–Crippen LogP) is 1.94. The molecule has 0 aliphatic carbocycles. The first-order chi connectivity index (χ1) is 9.74. The van der Waals surface area contributed by atoms with Gasteiger partial charge in [-0.3, -0.25) is 0 Å². The van der Waals surface area contributed by atoms with Crippen molar-refractivity contribution in [3.8, 4) is 0 Å². The van der Waals surface area contributed by atoms with Crippen LogP contribution in [0.1, 0.15) is 35.6 Å². The van der Waals surface area contributed by atoms with Gasteiger partial charge in [0.25, 0.3) is 0 Å². The van der Waals surface area contributed by atoms with Gasteiger partial charge in [-0.2, -0.15) is 16.7 Å². The van der Waals surface area contributed by atoms with Gasteiger partial charge < -0.3 is 15.2 Å². The molecule has 8 heteroatoms. The maximum absolute atomic E-state index is 6.11. The minimum Gasteiger partial charge on any atom is -0.348 e. The Morgan fingerprint density at radius 2 is 2.35 bits per heavy atom. The Balaban J connectivity index is 1.69. The third kappa shape index (κ3) is 3.02. The van der Waals surface area contributed by atoms with E-state index in [4.69, 9.17) is 10.3 Å². The topological polar surface area (TPSA) is 93.6 Å². The van der Waals surface area contributed by atoms with E-state index in [1.165, 1.54) is 5.75 Å². The van der Waals surface area contributed by atoms with E-state index >= 15 is 0 Å². The van der Waals surface area contributed by atoms with Crippen LogP contribution in [0.4, 0.5) is 0 Å². The normalized spacial score (nSPS) is 24.7. The Bertz CT molecular complexity index is 544. The van der Waals surface area contributed by atoms with Crippen LogP contribution in [-0.4, -0.2) is 36.9 Å². The number of aromatic amines is 1. The van der Waals surface area contributed by atoms with Gasteiger partial charge in [-0.1, -0.05) is 12.1 Å². The molecule has 0 spiro atoms. The molecule has 20 heavy (non-hydrogen) atoms. The first-order valence-corrected chi connectivity index (χ1v) is 8.63. The molecule has 0 aromatic carbocycles. The molecule has 1 fully saturated rings. The zero-order valence-corrected chi connectivity index (χ0v) is 12.8. The van der Waals surface area contributed by atoms with E-state index in [-0.39, 0.29) is 6.04 Å². The lowest BCUT2D eigenvalue weighted by Crippen LogP contribution is -2.18. The van der Waals surface area contributed by atoms with E-state index in [2.05, 4.69) is 27.0 Å². The third-order valence-electron chi connectivity index (χ3n) is 3.21. The number of nitrogens with one attached hydrogen (secondary N) is 1. The van der Waals surface area contributed by atoms with Crippen molar-refractivity contribution in [3.63, 3.8) is 0 Å². The van der Waals surface area contributed by atoms with Gasteiger partial charge in [-0.15, -0.1) is 11.8 Å². The van der Waals surface area contributed by atoms with Crippen molar-refractivity contribution >= 4 is 23.5 Å². The van der Waals surface area contributed by atoms with Gasteiger partial charge in [0, 0.05) is 35.1 Å². The highest BCUT2D eigenvalue weighted by Gasteiger charge is 2.29. The van der Waals surface area contributed by atoms with Crippen molar-refractivity contribution in [1.82, 2.24) is 20.1 Å². The molecular weight excluding hydrogens is 294 g/mol. The van der Waals surface area contributed by atoms with Crippen LogP contribution in [0.2, 0.25) is 0 Å². The van der Waals surface area contributed by atoms with Gasteiger partial charge in [0.05, 0.1) is 17.6 Å². The minimum atomic E-state index is -0.298. The summed E-state index contributed by atoms with van der Waals surface area (Å²) >= 11 is 3.85. The number of thioether (sulfide) groups is 2. The monoisotopic (exact) mass is 311 g/mol. The molecule has 2 aromatic rings. The minimum absolute atomic E-state index is 0.297. The maximum Gasteiger partial charge on any atom is 0.244 e. The van der Waals surface area contributed by atoms with Crippen molar-refractivity contribution in [3.05, 3.63) is 29.9 Å². The molecule has 0 radical (unpaired) electrons. The average Bonchev–Trinajstić information content (AvgIpc) is 3.10. The quantitative estimate of drug-likeness (QED) is 0.891. The molecule has 6 nitrogen and oxygen atoms in total. The van der Waals surface area contributed by atoms with Crippen LogP contribution in [0.15, 0.2) is 17.0 Å². The summed E-state index contributed by atoms with van der Waals surface area (Å²) in [6.07, 6.45) is 4.01. The predicted molar refractivity (Wildman–Crippen MR) is 80.6 cm³/mol. The van der Waals surface area contributed by atoms with E-state index in [1.54, 1.807) is 12.5 Å². The number of nitrogens with zero attached hydrogens (tertiary/aromatic N) is 3. The van der Waals surface area contributed by atoms with Crippen LogP contribution in [-0.2, 0) is 6.42 Å². The molecule has 3 rings (SSSR count). The van der Waals surface area contributed by atoms with E-state index in [1.807, 2.05) is 23.5 Å². The summed E-state index contributed by atoms with van der Waals surface area (Å²) in [6, 6.07) is -0.298. The van der Waals surface area contributed by atoms with E-state index < -0.39 is 0 Å². The molecular formula is C12H17N5OS2. The fraction of sp³-hybridized carbons (Fsp3) is 0.583. The summed E-state index contributed by atoms with van der Waals surface area (Å²) in [6.45, 7) is 2.21. The Kier molecular flexibility index (Phi) is 4.32. The van der Waals surface area contributed by atoms with Crippen LogP contribution in [0, 0.1) is 0 Å². The second kappa shape index (κ2) is 6.19. The van der Waals surface area contributed by atoms with Gasteiger partial charge >= 0.3 is 0 Å². The Hall–Kier alpha value is -0.990. The second-order valence-electron chi connectivity index (χ2n) is 4.75. The van der Waals surface area contributed by atoms with Crippen LogP contribution < -0.4 is 5.73 Å². The SMILES string of the molecule is CC1SCCSC1c1noc([C@@H](N)Cc2cnc[nH]2)n1. The summed E-state index contributed by atoms with van der Waals surface area (Å²) in [5, 5.41) is 4.91. The third-order valence-corrected chi connectivity index (χ3v) is 6.30. The molecule has 3 heterocycles. The number of rotatable bonds is 4. The molecule has 0 saturated carbocycles. The first kappa shape index (κ1) is 14.0. The summed E-state index contributed by atoms with van der Waals surface area (Å²) in [5.41, 5.74) is 7.07. The van der Waals surface area contributed by atoms with Crippen LogP contribution >= 0.6 is 23.5 Å². The van der Waals surface area contributed by atoms with Gasteiger partial charge in [0.2, 0.25) is 5.89 Å². The van der Waals surface area contributed by atoms with Crippen LogP contribution in [0.5, 0.6) is 0 Å². The molecule has 0 amide bonds. The molecule has 1 aliphatic rings. The van der Waals surface area contributed by atoms with Crippen molar-refractivity contribution in [2.24, 2.45) is 5.73 Å². The summed E-state index contributed by atoms with van der Waals surface area (Å²) in [4.78, 5) is 11.5. The van der Waals surface area contributed by atoms with Crippen molar-refractivity contribution in [2.75, 3.05) is 11.5 Å².